The predicted octanol–water partition coefficient (Wildman–Crippen LogP) is 2.63. The van der Waals surface area contributed by atoms with Gasteiger partial charge in [0.1, 0.15) is 23.6 Å². The van der Waals surface area contributed by atoms with Crippen molar-refractivity contribution in [1.29, 1.82) is 0 Å². The molecule has 2 unspecified atom stereocenters. The molecular weight excluding hydrogens is 468 g/mol. The molecule has 8 nitrogen and oxygen atoms in total. The summed E-state index contributed by atoms with van der Waals surface area (Å²) in [5.41, 5.74) is 2.54. The van der Waals surface area contributed by atoms with E-state index in [1.807, 2.05) is 24.3 Å². The number of nitrogens with one attached hydrogen (secondary N) is 1. The number of amides is 2. The normalized spacial score (nSPS) is 26.8. The Morgan fingerprint density at radius 3 is 2.51 bits per heavy atom. The molecule has 2 heterocycles. The van der Waals surface area contributed by atoms with Gasteiger partial charge in [-0.2, -0.15) is 0 Å². The van der Waals surface area contributed by atoms with Gasteiger partial charge in [-0.25, -0.2) is 4.79 Å². The molecule has 0 radical (unpaired) electrons. The Hall–Kier alpha value is -3.33. The Morgan fingerprint density at radius 1 is 1.11 bits per heavy atom. The second-order valence-corrected chi connectivity index (χ2v) is 11.4. The number of thioether (sulfide) groups is 1. The largest absolute Gasteiger partial charge is 0.480 e. The van der Waals surface area contributed by atoms with E-state index in [1.54, 1.807) is 44.2 Å². The molecule has 5 rings (SSSR count). The highest BCUT2D eigenvalue weighted by atomic mass is 32.2. The maximum Gasteiger partial charge on any atom is 0.327 e. The van der Waals surface area contributed by atoms with Crippen LogP contribution < -0.4 is 5.32 Å². The number of nitrogens with zero attached hydrogens (tertiary/aromatic N) is 1. The maximum absolute atomic E-state index is 13.4. The van der Waals surface area contributed by atoms with Gasteiger partial charge in [-0.1, -0.05) is 54.6 Å². The van der Waals surface area contributed by atoms with E-state index in [0.29, 0.717) is 12.0 Å². The van der Waals surface area contributed by atoms with E-state index in [-0.39, 0.29) is 0 Å². The third-order valence-corrected chi connectivity index (χ3v) is 8.51. The minimum absolute atomic E-state index is 0.430. The quantitative estimate of drug-likeness (QED) is 0.361. The number of hydrogen-bond donors (Lipinski definition) is 2. The van der Waals surface area contributed by atoms with Gasteiger partial charge >= 0.3 is 11.9 Å². The Bertz CT molecular complexity index is 1200. The molecule has 2 amide bonds. The molecule has 3 aliphatic rings. The number of ether oxygens (including phenoxy) is 1. The lowest BCUT2D eigenvalue weighted by Crippen LogP contribution is -2.71. The number of benzene rings is 2. The number of carbonyl (C=O) groups excluding carboxylic acids is 3. The number of aliphatic carboxylic acids is 1. The lowest BCUT2D eigenvalue weighted by Gasteiger charge is -2.43. The predicted molar refractivity (Wildman–Crippen MR) is 128 cm³/mol. The van der Waals surface area contributed by atoms with Gasteiger partial charge in [-0.05, 0) is 43.4 Å². The third-order valence-electron chi connectivity index (χ3n) is 6.94. The van der Waals surface area contributed by atoms with Gasteiger partial charge < -0.3 is 20.1 Å². The van der Waals surface area contributed by atoms with Crippen molar-refractivity contribution < 1.29 is 29.0 Å². The topological polar surface area (TPSA) is 113 Å². The maximum atomic E-state index is 13.4. The molecule has 5 atom stereocenters. The van der Waals surface area contributed by atoms with Crippen LogP contribution in [-0.4, -0.2) is 56.0 Å². The van der Waals surface area contributed by atoms with Crippen molar-refractivity contribution in [3.05, 3.63) is 71.3 Å². The molecule has 2 aromatic rings. The summed E-state index contributed by atoms with van der Waals surface area (Å²) in [5.74, 6) is -4.10. The van der Waals surface area contributed by atoms with Gasteiger partial charge in [0.15, 0.2) is 5.92 Å². The highest BCUT2D eigenvalue weighted by molar-refractivity contribution is 8.01. The zero-order valence-corrected chi connectivity index (χ0v) is 20.2. The zero-order valence-electron chi connectivity index (χ0n) is 19.3. The molecule has 0 aromatic heterocycles. The van der Waals surface area contributed by atoms with Crippen LogP contribution in [0.4, 0.5) is 0 Å². The van der Waals surface area contributed by atoms with Crippen LogP contribution in [0.15, 0.2) is 54.6 Å². The van der Waals surface area contributed by atoms with Crippen LogP contribution in [-0.2, 0) is 30.3 Å². The number of carboxylic acid groups (broad SMARTS) is 1. The Morgan fingerprint density at radius 2 is 1.80 bits per heavy atom. The molecule has 2 saturated heterocycles. The molecule has 2 aromatic carbocycles. The number of carboxylic acids is 1. The van der Waals surface area contributed by atoms with Crippen molar-refractivity contribution in [2.75, 3.05) is 0 Å². The first-order chi connectivity index (χ1) is 16.7. The number of rotatable bonds is 6. The zero-order chi connectivity index (χ0) is 24.9. The van der Waals surface area contributed by atoms with E-state index in [9.17, 15) is 24.3 Å². The minimum Gasteiger partial charge on any atom is -0.480 e. The van der Waals surface area contributed by atoms with E-state index in [1.165, 1.54) is 16.7 Å². The van der Waals surface area contributed by atoms with Gasteiger partial charge in [0.05, 0.1) is 0 Å². The van der Waals surface area contributed by atoms with E-state index < -0.39 is 58.0 Å². The van der Waals surface area contributed by atoms with Gasteiger partial charge in [-0.15, -0.1) is 11.8 Å². The summed E-state index contributed by atoms with van der Waals surface area (Å²) in [5, 5.41) is 11.8. The summed E-state index contributed by atoms with van der Waals surface area (Å²) >= 11 is 1.34. The molecule has 182 valence electrons. The second-order valence-electron chi connectivity index (χ2n) is 9.59. The van der Waals surface area contributed by atoms with Gasteiger partial charge in [0.25, 0.3) is 0 Å². The Balaban J connectivity index is 1.35. The Labute approximate surface area is 207 Å². The lowest BCUT2D eigenvalue weighted by molar-refractivity contribution is -0.162. The number of aryl methyl sites for hydroxylation is 1. The molecule has 0 spiro atoms. The SMILES string of the molecule is CC1(C)S[C@@H]2C(NC(=O)C(C(=O)O[C@H]3CCc4ccccc43)c3ccccc3)C(=O)N2[C@H]1C(=O)O. The van der Waals surface area contributed by atoms with Crippen LogP contribution in [0, 0.1) is 0 Å². The van der Waals surface area contributed by atoms with Crippen LogP contribution in [0.1, 0.15) is 49.0 Å². The summed E-state index contributed by atoms with van der Waals surface area (Å²) in [6, 6.07) is 14.5. The van der Waals surface area contributed by atoms with Crippen LogP contribution in [0.3, 0.4) is 0 Å². The summed E-state index contributed by atoms with van der Waals surface area (Å²) in [6.07, 6.45) is 1.01. The van der Waals surface area contributed by atoms with Gasteiger partial charge in [0, 0.05) is 4.75 Å². The summed E-state index contributed by atoms with van der Waals surface area (Å²) in [4.78, 5) is 52.7. The van der Waals surface area contributed by atoms with Crippen LogP contribution in [0.25, 0.3) is 0 Å². The molecule has 35 heavy (non-hydrogen) atoms. The average Bonchev–Trinajstić information content (AvgIpc) is 3.34. The highest BCUT2D eigenvalue weighted by Crippen LogP contribution is 2.50. The molecule has 2 aliphatic heterocycles. The highest BCUT2D eigenvalue weighted by Gasteiger charge is 2.64. The van der Waals surface area contributed by atoms with Crippen molar-refractivity contribution in [3.63, 3.8) is 0 Å². The van der Waals surface area contributed by atoms with Crippen molar-refractivity contribution in [3.8, 4) is 0 Å². The van der Waals surface area contributed by atoms with E-state index in [0.717, 1.165) is 17.5 Å². The Kier molecular flexibility index (Phi) is 5.83. The van der Waals surface area contributed by atoms with E-state index >= 15 is 0 Å². The monoisotopic (exact) mass is 494 g/mol. The number of β-lactam (4-membered cyclic amide) rings is 1. The van der Waals surface area contributed by atoms with E-state index in [2.05, 4.69) is 5.32 Å². The molecule has 2 N–H and O–H groups in total. The molecule has 0 saturated carbocycles. The number of hydrogen-bond acceptors (Lipinski definition) is 6. The van der Waals surface area contributed by atoms with Gasteiger partial charge in [0.2, 0.25) is 11.8 Å². The first-order valence-electron chi connectivity index (χ1n) is 11.6. The molecule has 0 bridgehead atoms. The fraction of sp³-hybridized carbons (Fsp3) is 0.385. The van der Waals surface area contributed by atoms with Crippen LogP contribution in [0.2, 0.25) is 0 Å². The summed E-state index contributed by atoms with van der Waals surface area (Å²) in [6.45, 7) is 3.54. The first-order valence-corrected chi connectivity index (χ1v) is 12.4. The second kappa shape index (κ2) is 8.71. The molecule has 1 aliphatic carbocycles. The van der Waals surface area contributed by atoms with Crippen molar-refractivity contribution in [1.82, 2.24) is 10.2 Å². The summed E-state index contributed by atoms with van der Waals surface area (Å²) in [7, 11) is 0. The number of carbonyl (C=O) groups is 4. The van der Waals surface area contributed by atoms with Crippen LogP contribution in [0.5, 0.6) is 0 Å². The third kappa shape index (κ3) is 3.97. The average molecular weight is 495 g/mol. The van der Waals surface area contributed by atoms with E-state index in [4.69, 9.17) is 4.74 Å². The van der Waals surface area contributed by atoms with Crippen LogP contribution >= 0.6 is 11.8 Å². The molecule has 9 heteroatoms. The molecule has 2 fully saturated rings. The summed E-state index contributed by atoms with van der Waals surface area (Å²) < 4.78 is 5.12. The van der Waals surface area contributed by atoms with Gasteiger partial charge in [-0.3, -0.25) is 14.4 Å². The lowest BCUT2D eigenvalue weighted by atomic mass is 9.94. The van der Waals surface area contributed by atoms with Crippen molar-refractivity contribution in [2.24, 2.45) is 0 Å². The first kappa shape index (κ1) is 23.4. The fourth-order valence-corrected chi connectivity index (χ4v) is 6.90. The molecular formula is C26H26N2O6S. The minimum atomic E-state index is -1.25. The fourth-order valence-electron chi connectivity index (χ4n) is 5.27. The standard InChI is InChI=1S/C26H26N2O6S/c1-26(2)20(24(31)32)28-22(30)19(23(28)35-26)27-21(29)18(15-9-4-3-5-10-15)25(33)34-17-13-12-14-8-6-7-11-16(14)17/h3-11,17-20,23H,12-13H2,1-2H3,(H,27,29)(H,31,32)/t17-,18?,19?,20-,23+/m0/s1. The van der Waals surface area contributed by atoms with Crippen molar-refractivity contribution in [2.45, 2.75) is 60.9 Å². The smallest absolute Gasteiger partial charge is 0.327 e. The number of fused-ring (bicyclic) bond motifs is 2. The number of esters is 1. The van der Waals surface area contributed by atoms with Crippen molar-refractivity contribution >= 4 is 35.5 Å².